The first kappa shape index (κ1) is 79.6. The highest BCUT2D eigenvalue weighted by atomic mass is 19.1. The molecule has 5 aliphatic heterocycles. The zero-order valence-corrected chi connectivity index (χ0v) is 68.7. The molecule has 123 heavy (non-hydrogen) atoms. The van der Waals surface area contributed by atoms with Gasteiger partial charge in [-0.1, -0.05) is 48.5 Å². The van der Waals surface area contributed by atoms with Crippen LogP contribution in [-0.2, 0) is 31.0 Å². The van der Waals surface area contributed by atoms with Gasteiger partial charge in [-0.25, -0.2) is 24.3 Å². The third kappa shape index (κ3) is 17.0. The highest BCUT2D eigenvalue weighted by Crippen LogP contribution is 2.44. The standard InChI is InChI=1S/C25H26N6O2.C24H22N6O.C23H22FN5O.C23H23N5O/c1-16-4-2-3-5-24(16)33-15-25(32)31-18-6-8-22(31)17(12-18)14-30-11-10-20-23(30)9-7-19(27-20)21-13-26-29-28-21;1-16-10-17(15-30(16)24(31)20-5-3-2-4-18(20)11-25)14-29-9-8-22-23(29)7-6-21(28-22)19-12-26-27-13-19;1-15-10-16(14-29(15)23(30)17-2-4-19(24)5-3-17)13-28-9-8-21-22(28)7-6-20(27-21)18-11-25-26-12-18;1-16-11-17(15-28(16)23(29)18-5-3-2-4-6-18)14-27-10-9-21-22(27)8-7-20(26-21)19-12-24-25-13-19/h2-5,7,9-11,13,17-18,22H,6,8,12,14-15H2,1H3,(H,26,28,29);2-9,12-13,16-17H,10,14-15H2,1H3,(H,26,27);2-9,11-12,15-16H,10,13-14H2,1H3,(H,25,26);2-10,12-13,16-17H,11,14-15H2,1H3,(H,24,25)/t;16-,17-;15-,16-;16-,17-/m.111/s1. The maximum absolute atomic E-state index is 13.2. The predicted octanol–water partition coefficient (Wildman–Crippen LogP) is 15.5. The average Bonchev–Trinajstić information content (AvgIpc) is 1.61. The lowest BCUT2D eigenvalue weighted by Crippen LogP contribution is -2.40. The molecule has 12 aromatic heterocycles. The third-order valence-corrected chi connectivity index (χ3v) is 24.9. The van der Waals surface area contributed by atoms with Gasteiger partial charge in [-0.05, 0) is 223 Å². The van der Waals surface area contributed by atoms with Gasteiger partial charge in [0, 0.05) is 147 Å². The normalized spacial score (nSPS) is 19.6. The van der Waals surface area contributed by atoms with Gasteiger partial charge >= 0.3 is 0 Å². The molecule has 5 aliphatic rings. The number of hydrogen-bond donors (Lipinski definition) is 4. The Morgan fingerprint density at radius 3 is 1.38 bits per heavy atom. The smallest absolute Gasteiger partial charge is 0.261 e. The van der Waals surface area contributed by atoms with E-state index in [0.29, 0.717) is 59.5 Å². The molecule has 620 valence electrons. The maximum Gasteiger partial charge on any atom is 0.261 e. The van der Waals surface area contributed by atoms with Crippen molar-refractivity contribution in [3.05, 3.63) is 278 Å². The number of nitrogens with one attached hydrogen (secondary N) is 4. The van der Waals surface area contributed by atoms with Crippen LogP contribution in [0.2, 0.25) is 0 Å². The van der Waals surface area contributed by atoms with Crippen LogP contribution in [0.15, 0.2) is 244 Å². The van der Waals surface area contributed by atoms with E-state index in [1.165, 1.54) is 12.1 Å². The number of aromatic amines is 4. The molecule has 4 amide bonds. The number of para-hydroxylation sites is 1. The Labute approximate surface area is 708 Å². The number of aromatic nitrogens is 17. The Morgan fingerprint density at radius 2 is 0.911 bits per heavy atom. The number of amides is 4. The molecule has 5 saturated heterocycles. The van der Waals surface area contributed by atoms with Gasteiger partial charge in [-0.2, -0.15) is 36.0 Å². The van der Waals surface area contributed by atoms with Crippen LogP contribution in [0.1, 0.15) is 101 Å². The second kappa shape index (κ2) is 35.1. The lowest BCUT2D eigenvalue weighted by atomic mass is 9.89. The zero-order chi connectivity index (χ0) is 84.2. The summed E-state index contributed by atoms with van der Waals surface area (Å²) in [7, 11) is 0. The number of hydrogen-bond acceptors (Lipinski definition) is 15. The van der Waals surface area contributed by atoms with Crippen molar-refractivity contribution in [1.29, 1.82) is 5.26 Å². The van der Waals surface area contributed by atoms with Crippen LogP contribution >= 0.6 is 0 Å². The van der Waals surface area contributed by atoms with Crippen LogP contribution in [0.25, 0.3) is 89.3 Å². The summed E-state index contributed by atoms with van der Waals surface area (Å²) in [5.41, 5.74) is 18.6. The first-order valence-electron chi connectivity index (χ1n) is 42.0. The van der Waals surface area contributed by atoms with Gasteiger partial charge in [0.25, 0.3) is 23.6 Å². The number of pyridine rings is 4. The topological polar surface area (TPSA) is 313 Å². The van der Waals surface area contributed by atoms with Crippen molar-refractivity contribution in [2.45, 2.75) is 123 Å². The highest BCUT2D eigenvalue weighted by Gasteiger charge is 2.49. The van der Waals surface area contributed by atoms with Crippen LogP contribution in [0.4, 0.5) is 4.39 Å². The van der Waals surface area contributed by atoms with E-state index in [1.54, 1.807) is 55.1 Å². The van der Waals surface area contributed by atoms with Crippen molar-refractivity contribution in [2.75, 3.05) is 26.2 Å². The van der Waals surface area contributed by atoms with E-state index in [2.05, 4.69) is 151 Å². The van der Waals surface area contributed by atoms with Crippen LogP contribution in [0, 0.1) is 47.7 Å². The maximum atomic E-state index is 13.2. The van der Waals surface area contributed by atoms with E-state index in [1.807, 2.05) is 143 Å². The van der Waals surface area contributed by atoms with Crippen LogP contribution in [-0.4, -0.2) is 184 Å². The van der Waals surface area contributed by atoms with Crippen LogP contribution < -0.4 is 4.74 Å². The minimum absolute atomic E-state index is 0.0335. The summed E-state index contributed by atoms with van der Waals surface area (Å²) in [6.07, 6.45) is 26.9. The minimum atomic E-state index is -0.331. The monoisotopic (exact) mass is 1640 g/mol. The fourth-order valence-electron chi connectivity index (χ4n) is 18.9. The summed E-state index contributed by atoms with van der Waals surface area (Å²) in [5, 5.41) is 40.4. The average molecular weight is 1640 g/mol. The lowest BCUT2D eigenvalue weighted by Gasteiger charge is -2.25. The molecule has 0 spiro atoms. The van der Waals surface area contributed by atoms with Crippen molar-refractivity contribution in [1.82, 2.24) is 104 Å². The lowest BCUT2D eigenvalue weighted by molar-refractivity contribution is -0.134. The van der Waals surface area contributed by atoms with Gasteiger partial charge in [0.05, 0.1) is 109 Å². The number of likely N-dealkylation sites (tertiary alicyclic amines) is 3. The molecular weight excluding hydrogens is 1550 g/mol. The van der Waals surface area contributed by atoms with E-state index in [9.17, 15) is 28.8 Å². The molecule has 2 bridgehead atoms. The van der Waals surface area contributed by atoms with Crippen LogP contribution in [0.3, 0.4) is 0 Å². The first-order chi connectivity index (χ1) is 60.1. The number of rotatable bonds is 18. The van der Waals surface area contributed by atoms with E-state index in [0.717, 1.165) is 177 Å². The van der Waals surface area contributed by atoms with Crippen molar-refractivity contribution in [3.63, 3.8) is 0 Å². The number of H-pyrrole nitrogens is 4. The SMILES string of the molecule is C[C@@H]1C[C@H](Cn2ccc3nc(-c4cn[nH]c4)ccc32)CN1C(=O)c1ccc(F)cc1.C[C@@H]1C[C@H](Cn2ccc3nc(-c4cn[nH]c4)ccc32)CN1C(=O)c1ccccc1.C[C@@H]1C[C@H](Cn2ccc3nc(-c4cn[nH]c4)ccc32)CN1C(=O)c1ccccc1C#N.Cc1ccccc1OCC(=O)N1C2CCC1C(Cn1ccc3nc(-c4cn[nH]n4)ccc31)C2. The molecule has 16 aromatic rings. The number of ether oxygens (including phenoxy) is 1. The van der Waals surface area contributed by atoms with Gasteiger partial charge in [-0.15, -0.1) is 0 Å². The largest absolute Gasteiger partial charge is 0.484 e. The van der Waals surface area contributed by atoms with E-state index in [4.69, 9.17) is 24.7 Å². The first-order valence-corrected chi connectivity index (χ1v) is 42.0. The van der Waals surface area contributed by atoms with Crippen molar-refractivity contribution < 1.29 is 28.3 Å². The van der Waals surface area contributed by atoms with Crippen LogP contribution in [0.5, 0.6) is 5.75 Å². The van der Waals surface area contributed by atoms with Crippen molar-refractivity contribution in [2.24, 2.45) is 23.7 Å². The Balaban J connectivity index is 0.000000112. The Hall–Kier alpha value is -14.5. The molecule has 0 aliphatic carbocycles. The summed E-state index contributed by atoms with van der Waals surface area (Å²) in [6, 6.07) is 58.1. The Morgan fingerprint density at radius 1 is 0.463 bits per heavy atom. The molecule has 9 atom stereocenters. The Bertz CT molecular complexity index is 6450. The highest BCUT2D eigenvalue weighted by molar-refractivity contribution is 5.97. The number of carbonyl (C=O) groups is 4. The Kier molecular flexibility index (Phi) is 22.7. The van der Waals surface area contributed by atoms with Crippen molar-refractivity contribution in [3.8, 4) is 57.0 Å². The second-order valence-electron chi connectivity index (χ2n) is 33.0. The van der Waals surface area contributed by atoms with Gasteiger partial charge in [-0.3, -0.25) is 34.5 Å². The summed E-state index contributed by atoms with van der Waals surface area (Å²) in [4.78, 5) is 78.8. The number of aryl methyl sites for hydroxylation is 1. The molecule has 27 nitrogen and oxygen atoms in total. The van der Waals surface area contributed by atoms with Gasteiger partial charge in [0.15, 0.2) is 6.61 Å². The number of nitrogens with zero attached hydrogens (tertiary/aromatic N) is 18. The number of benzene rings is 4. The molecule has 17 heterocycles. The van der Waals surface area contributed by atoms with Gasteiger partial charge in [0.2, 0.25) is 0 Å². The van der Waals surface area contributed by atoms with Gasteiger partial charge in [0.1, 0.15) is 17.3 Å². The molecule has 4 N–H and O–H groups in total. The summed E-state index contributed by atoms with van der Waals surface area (Å²) in [6.45, 7) is 14.0. The molecular formula is C95H93FN22O5. The molecule has 3 unspecified atom stereocenters. The molecule has 0 saturated carbocycles. The van der Waals surface area contributed by atoms with E-state index < -0.39 is 0 Å². The number of fused-ring (bicyclic) bond motifs is 6. The van der Waals surface area contributed by atoms with Crippen molar-refractivity contribution >= 4 is 67.8 Å². The fraction of sp³-hybridized carbons (Fsp3) is 0.284. The molecule has 28 heteroatoms. The predicted molar refractivity (Wildman–Crippen MR) is 465 cm³/mol. The summed E-state index contributed by atoms with van der Waals surface area (Å²) < 4.78 is 28.0. The molecule has 5 fully saturated rings. The number of halogens is 1. The number of carbonyl (C=O) groups excluding carboxylic acids is 4. The molecule has 21 rings (SSSR count). The second-order valence-corrected chi connectivity index (χ2v) is 33.0. The minimum Gasteiger partial charge on any atom is -0.484 e. The summed E-state index contributed by atoms with van der Waals surface area (Å²) in [5.74, 6) is 2.16. The molecule has 4 aromatic carbocycles. The molecule has 0 radical (unpaired) electrons. The van der Waals surface area contributed by atoms with E-state index >= 15 is 0 Å². The number of nitriles is 1. The zero-order valence-electron chi connectivity index (χ0n) is 68.7. The fourth-order valence-corrected chi connectivity index (χ4v) is 18.9. The quantitative estimate of drug-likeness (QED) is 0.0620. The summed E-state index contributed by atoms with van der Waals surface area (Å²) >= 11 is 0. The van der Waals surface area contributed by atoms with E-state index in [-0.39, 0.29) is 60.2 Å². The van der Waals surface area contributed by atoms with Gasteiger partial charge < -0.3 is 42.6 Å². The third-order valence-electron chi connectivity index (χ3n) is 24.9.